The molecule has 6 atom stereocenters. The number of halogens is 2. The second-order valence-corrected chi connectivity index (χ2v) is 11.9. The summed E-state index contributed by atoms with van der Waals surface area (Å²) in [4.78, 5) is 30.8. The van der Waals surface area contributed by atoms with E-state index in [9.17, 15) is 14.7 Å². The lowest BCUT2D eigenvalue weighted by molar-refractivity contribution is -0.161. The molecule has 0 unspecified atom stereocenters. The van der Waals surface area contributed by atoms with Gasteiger partial charge in [0.05, 0.1) is 30.6 Å². The van der Waals surface area contributed by atoms with Crippen LogP contribution >= 0.6 is 23.2 Å². The standard InChI is InChI=1S/C29H34Cl2N2O4/c1-3-22(15-32-16-24-12-23(32)17-37-24)33-27(18-7-9-20(30)10-8-18)25(19-5-4-6-21(31)11-19)13-29(2,28(33)36)14-26(34)35/h4-11,22-25,27H,3,12-17H2,1-2H3,(H,34,35)/t22-,23+,24+,25+,27+,29-/m0/s1. The van der Waals surface area contributed by atoms with Gasteiger partial charge in [-0.05, 0) is 54.7 Å². The van der Waals surface area contributed by atoms with Crippen molar-refractivity contribution >= 4 is 35.1 Å². The Kier molecular flexibility index (Phi) is 7.56. The molecule has 2 aromatic carbocycles. The van der Waals surface area contributed by atoms with Crippen molar-refractivity contribution in [2.24, 2.45) is 5.41 Å². The summed E-state index contributed by atoms with van der Waals surface area (Å²) in [7, 11) is 0. The van der Waals surface area contributed by atoms with Crippen LogP contribution in [0.2, 0.25) is 10.0 Å². The second-order valence-electron chi connectivity index (χ2n) is 11.1. The fourth-order valence-electron chi connectivity index (χ4n) is 6.67. The van der Waals surface area contributed by atoms with Crippen molar-refractivity contribution in [2.45, 2.75) is 69.7 Å². The van der Waals surface area contributed by atoms with Gasteiger partial charge in [0.15, 0.2) is 0 Å². The first-order valence-electron chi connectivity index (χ1n) is 13.1. The highest BCUT2D eigenvalue weighted by atomic mass is 35.5. The van der Waals surface area contributed by atoms with Crippen molar-refractivity contribution in [1.82, 2.24) is 9.80 Å². The minimum atomic E-state index is -1.04. The number of likely N-dealkylation sites (tertiary alicyclic amines) is 2. The number of morpholine rings is 1. The summed E-state index contributed by atoms with van der Waals surface area (Å²) in [6.07, 6.45) is 2.26. The molecule has 1 amide bonds. The molecule has 6 nitrogen and oxygen atoms in total. The summed E-state index contributed by atoms with van der Waals surface area (Å²) in [6, 6.07) is 15.5. The van der Waals surface area contributed by atoms with Crippen LogP contribution < -0.4 is 0 Å². The summed E-state index contributed by atoms with van der Waals surface area (Å²) in [6.45, 7) is 6.27. The number of hydrogen-bond acceptors (Lipinski definition) is 4. The van der Waals surface area contributed by atoms with E-state index in [1.165, 1.54) is 0 Å². The maximum Gasteiger partial charge on any atom is 0.304 e. The molecule has 5 rings (SSSR count). The van der Waals surface area contributed by atoms with Gasteiger partial charge in [0.25, 0.3) is 0 Å². The molecule has 8 heteroatoms. The van der Waals surface area contributed by atoms with Gasteiger partial charge in [-0.2, -0.15) is 0 Å². The molecule has 0 aromatic heterocycles. The Morgan fingerprint density at radius 2 is 1.92 bits per heavy atom. The number of benzene rings is 2. The van der Waals surface area contributed by atoms with Gasteiger partial charge in [-0.1, -0.05) is 61.3 Å². The van der Waals surface area contributed by atoms with Crippen LogP contribution in [0.3, 0.4) is 0 Å². The van der Waals surface area contributed by atoms with E-state index in [-0.39, 0.29) is 36.4 Å². The lowest BCUT2D eigenvalue weighted by Gasteiger charge is -2.52. The summed E-state index contributed by atoms with van der Waals surface area (Å²) in [5.41, 5.74) is 0.956. The van der Waals surface area contributed by atoms with E-state index in [1.807, 2.05) is 60.4 Å². The molecule has 3 aliphatic rings. The first kappa shape index (κ1) is 26.5. The molecular weight excluding hydrogens is 511 g/mol. The van der Waals surface area contributed by atoms with Crippen LogP contribution in [0.25, 0.3) is 0 Å². The fourth-order valence-corrected chi connectivity index (χ4v) is 6.99. The third kappa shape index (κ3) is 5.26. The first-order valence-corrected chi connectivity index (χ1v) is 13.8. The normalized spacial score (nSPS) is 30.6. The van der Waals surface area contributed by atoms with Gasteiger partial charge in [0.1, 0.15) is 0 Å². The Hall–Kier alpha value is -2.12. The highest BCUT2D eigenvalue weighted by Crippen LogP contribution is 2.52. The van der Waals surface area contributed by atoms with E-state index in [0.29, 0.717) is 22.5 Å². The SMILES string of the molecule is CC[C@@H](CN1C[C@H]2C[C@@H]1CO2)N1C(=O)[C@](C)(CC(=O)O)C[C@H](c2cccc(Cl)c2)[C@H]1c1ccc(Cl)cc1. The Morgan fingerprint density at radius 3 is 2.51 bits per heavy atom. The predicted molar refractivity (Wildman–Crippen MR) is 144 cm³/mol. The van der Waals surface area contributed by atoms with Gasteiger partial charge in [-0.25, -0.2) is 0 Å². The highest BCUT2D eigenvalue weighted by molar-refractivity contribution is 6.30. The molecular formula is C29H34Cl2N2O4. The molecule has 3 aliphatic heterocycles. The molecule has 37 heavy (non-hydrogen) atoms. The molecule has 0 saturated carbocycles. The summed E-state index contributed by atoms with van der Waals surface area (Å²) >= 11 is 12.7. The number of piperidine rings is 1. The molecule has 1 N–H and O–H groups in total. The first-order chi connectivity index (χ1) is 17.7. The van der Waals surface area contributed by atoms with E-state index < -0.39 is 11.4 Å². The van der Waals surface area contributed by atoms with E-state index in [0.717, 1.165) is 43.7 Å². The van der Waals surface area contributed by atoms with Crippen LogP contribution in [0.1, 0.15) is 62.6 Å². The quantitative estimate of drug-likeness (QED) is 0.455. The Labute approximate surface area is 228 Å². The average Bonchev–Trinajstić information content (AvgIpc) is 3.48. The van der Waals surface area contributed by atoms with Crippen molar-refractivity contribution in [3.63, 3.8) is 0 Å². The number of hydrogen-bond donors (Lipinski definition) is 1. The average molecular weight is 546 g/mol. The number of amides is 1. The van der Waals surface area contributed by atoms with E-state index in [4.69, 9.17) is 27.9 Å². The van der Waals surface area contributed by atoms with Gasteiger partial charge >= 0.3 is 5.97 Å². The Bertz CT molecular complexity index is 1160. The van der Waals surface area contributed by atoms with Crippen LogP contribution in [0, 0.1) is 5.41 Å². The van der Waals surface area contributed by atoms with Crippen LogP contribution in [0.4, 0.5) is 0 Å². The Morgan fingerprint density at radius 1 is 1.16 bits per heavy atom. The zero-order valence-electron chi connectivity index (χ0n) is 21.3. The number of carboxylic acid groups (broad SMARTS) is 1. The van der Waals surface area contributed by atoms with Gasteiger partial charge in [0, 0.05) is 41.1 Å². The monoisotopic (exact) mass is 544 g/mol. The lowest BCUT2D eigenvalue weighted by atomic mass is 9.67. The number of nitrogens with zero attached hydrogens (tertiary/aromatic N) is 2. The molecule has 0 aliphatic carbocycles. The van der Waals surface area contributed by atoms with Crippen molar-refractivity contribution in [2.75, 3.05) is 19.7 Å². The number of carbonyl (C=O) groups excluding carboxylic acids is 1. The molecule has 3 fully saturated rings. The lowest BCUT2D eigenvalue weighted by Crippen LogP contribution is -2.58. The number of ether oxygens (including phenoxy) is 1. The number of aliphatic carboxylic acids is 1. The number of rotatable bonds is 8. The molecule has 3 saturated heterocycles. The summed E-state index contributed by atoms with van der Waals surface area (Å²) < 4.78 is 5.82. The smallest absolute Gasteiger partial charge is 0.304 e. The molecule has 2 aromatic rings. The second kappa shape index (κ2) is 10.6. The van der Waals surface area contributed by atoms with Crippen molar-refractivity contribution in [3.05, 3.63) is 69.7 Å². The third-order valence-electron chi connectivity index (χ3n) is 8.46. The van der Waals surface area contributed by atoms with E-state index in [2.05, 4.69) is 11.8 Å². The van der Waals surface area contributed by atoms with Crippen LogP contribution in [-0.2, 0) is 14.3 Å². The van der Waals surface area contributed by atoms with Crippen molar-refractivity contribution in [3.8, 4) is 0 Å². The van der Waals surface area contributed by atoms with E-state index >= 15 is 0 Å². The zero-order chi connectivity index (χ0) is 26.3. The summed E-state index contributed by atoms with van der Waals surface area (Å²) in [5, 5.41) is 11.1. The Balaban J connectivity index is 1.61. The van der Waals surface area contributed by atoms with E-state index in [1.54, 1.807) is 0 Å². The minimum Gasteiger partial charge on any atom is -0.481 e. The van der Waals surface area contributed by atoms with Crippen LogP contribution in [0.15, 0.2) is 48.5 Å². The fraction of sp³-hybridized carbons (Fsp3) is 0.517. The molecule has 3 heterocycles. The topological polar surface area (TPSA) is 70.1 Å². The van der Waals surface area contributed by atoms with Gasteiger partial charge < -0.3 is 14.7 Å². The number of carboxylic acids is 1. The predicted octanol–water partition coefficient (Wildman–Crippen LogP) is 5.78. The zero-order valence-corrected chi connectivity index (χ0v) is 22.8. The third-order valence-corrected chi connectivity index (χ3v) is 8.94. The highest BCUT2D eigenvalue weighted by Gasteiger charge is 2.53. The molecule has 2 bridgehead atoms. The molecule has 198 valence electrons. The summed E-state index contributed by atoms with van der Waals surface area (Å²) in [5.74, 6) is -1.19. The number of fused-ring (bicyclic) bond motifs is 2. The van der Waals surface area contributed by atoms with Crippen molar-refractivity contribution < 1.29 is 19.4 Å². The molecule has 0 spiro atoms. The van der Waals surface area contributed by atoms with Gasteiger partial charge in [0.2, 0.25) is 5.91 Å². The maximum atomic E-state index is 14.4. The largest absolute Gasteiger partial charge is 0.481 e. The van der Waals surface area contributed by atoms with Gasteiger partial charge in [-0.15, -0.1) is 0 Å². The van der Waals surface area contributed by atoms with Crippen molar-refractivity contribution in [1.29, 1.82) is 0 Å². The van der Waals surface area contributed by atoms with Crippen LogP contribution in [-0.4, -0.2) is 64.7 Å². The molecule has 0 radical (unpaired) electrons. The number of carbonyl (C=O) groups is 2. The van der Waals surface area contributed by atoms with Gasteiger partial charge in [-0.3, -0.25) is 14.5 Å². The minimum absolute atomic E-state index is 0.0809. The van der Waals surface area contributed by atoms with Crippen LogP contribution in [0.5, 0.6) is 0 Å². The maximum absolute atomic E-state index is 14.4.